The third kappa shape index (κ3) is 4.69. The van der Waals surface area contributed by atoms with Crippen molar-refractivity contribution >= 4 is 200 Å². The summed E-state index contributed by atoms with van der Waals surface area (Å²) < 4.78 is 0. The molecule has 0 saturated heterocycles. The van der Waals surface area contributed by atoms with Gasteiger partial charge in [-0.3, -0.25) is 0 Å². The van der Waals surface area contributed by atoms with Crippen molar-refractivity contribution in [3.63, 3.8) is 0 Å². The van der Waals surface area contributed by atoms with Crippen LogP contribution in [-0.4, -0.2) is 118 Å². The molecule has 0 amide bonds. The highest BCUT2D eigenvalue weighted by Crippen LogP contribution is 2.37. The van der Waals surface area contributed by atoms with Gasteiger partial charge in [-0.15, -0.1) is 49.2 Å². The minimum absolute atomic E-state index is 0.0501. The van der Waals surface area contributed by atoms with E-state index in [1.54, 1.807) is 19.9 Å². The van der Waals surface area contributed by atoms with E-state index in [0.717, 1.165) is 0 Å². The van der Waals surface area contributed by atoms with Crippen molar-refractivity contribution in [2.45, 2.75) is 13.8 Å². The smallest absolute Gasteiger partial charge is 0.112 e. The maximum absolute atomic E-state index is 6.50. The van der Waals surface area contributed by atoms with Gasteiger partial charge in [-0.05, 0) is 64.4 Å². The topological polar surface area (TPSA) is 0 Å². The van der Waals surface area contributed by atoms with Crippen LogP contribution < -0.4 is 81.9 Å². The molecule has 0 atom stereocenters. The molecule has 0 aliphatic carbocycles. The molecule has 0 nitrogen and oxygen atoms in total. The molecule has 15 heteroatoms. The second kappa shape index (κ2) is 11.2. The van der Waals surface area contributed by atoms with Gasteiger partial charge in [0, 0.05) is 0 Å². The lowest BCUT2D eigenvalue weighted by Gasteiger charge is -2.30. The molecule has 0 fully saturated rings. The second-order valence-electron chi connectivity index (χ2n) is 9.93. The normalized spacial score (nSPS) is 11.2. The molecule has 0 heterocycles. The Morgan fingerprint density at radius 1 is 0.268 bits per heavy atom. The average molecular weight is 482 g/mol. The number of benzene rings is 4. The highest BCUT2D eigenvalue weighted by atomic mass is 14.2. The zero-order valence-corrected chi connectivity index (χ0v) is 22.7. The predicted molar refractivity (Wildman–Crippen MR) is 193 cm³/mol. The molecular weight excluding hydrogens is 474 g/mol. The van der Waals surface area contributed by atoms with E-state index >= 15 is 0 Å². The first kappa shape index (κ1) is 31.8. The van der Waals surface area contributed by atoms with E-state index < -0.39 is 0 Å². The molecule has 41 heavy (non-hydrogen) atoms. The van der Waals surface area contributed by atoms with E-state index in [-0.39, 0.29) is 81.9 Å². The molecule has 0 aliphatic rings. The summed E-state index contributed by atoms with van der Waals surface area (Å²) in [5.74, 6) is 0. The lowest BCUT2D eigenvalue weighted by Crippen LogP contribution is -2.56. The number of rotatable bonds is 3. The summed E-state index contributed by atoms with van der Waals surface area (Å²) in [7, 11) is 94.4. The fourth-order valence-electron chi connectivity index (χ4n) is 5.20. The molecule has 30 radical (unpaired) electrons. The van der Waals surface area contributed by atoms with E-state index in [4.69, 9.17) is 118 Å². The number of hydrogen-bond acceptors (Lipinski definition) is 0. The second-order valence-corrected chi connectivity index (χ2v) is 9.93. The summed E-state index contributed by atoms with van der Waals surface area (Å²) in [6, 6.07) is 1.75. The van der Waals surface area contributed by atoms with E-state index in [1.165, 1.54) is 0 Å². The van der Waals surface area contributed by atoms with Gasteiger partial charge in [-0.25, -0.2) is 0 Å². The standard InChI is InChI=1S/C26H7B15/c1-4-6(9-12(27)18(33)24(39)19(34)13(9)28)3-7(10-14(29)20(35)25(40)21(36)15(10)30)5(2)8(4)11-16(31)22(37)26(41)23(38)17(11)32/h3H,1-2H3. The Labute approximate surface area is 263 Å². The van der Waals surface area contributed by atoms with Gasteiger partial charge in [0.1, 0.15) is 118 Å². The van der Waals surface area contributed by atoms with Crippen LogP contribution in [0.1, 0.15) is 11.1 Å². The Bertz CT molecular complexity index is 1630. The SMILES string of the molecule is [B]c1c([B])c([B])c(-c2cc(-c3c([B])c([B])c([B])c([B])c3[B])c(C)c(-c3c([B])c([B])c([B])c([B])c3[B])c2C)c([B])c1[B]. The van der Waals surface area contributed by atoms with Gasteiger partial charge in [-0.1, -0.05) is 32.8 Å². The largest absolute Gasteiger partial charge is 0.113 e. The lowest BCUT2D eigenvalue weighted by atomic mass is 9.57. The predicted octanol–water partition coefficient (Wildman–Crippen LogP) is -10.8. The minimum Gasteiger partial charge on any atom is -0.112 e. The summed E-state index contributed by atoms with van der Waals surface area (Å²) in [5, 5.41) is 0. The van der Waals surface area contributed by atoms with Gasteiger partial charge < -0.3 is 0 Å². The highest BCUT2D eigenvalue weighted by molar-refractivity contribution is 6.71. The minimum atomic E-state index is 0.0501. The van der Waals surface area contributed by atoms with Gasteiger partial charge in [0.2, 0.25) is 0 Å². The molecule has 4 aromatic rings. The Balaban J connectivity index is 2.34. The molecule has 0 bridgehead atoms. The third-order valence-corrected chi connectivity index (χ3v) is 7.73. The van der Waals surface area contributed by atoms with Crippen molar-refractivity contribution in [3.8, 4) is 33.4 Å². The van der Waals surface area contributed by atoms with Crippen LogP contribution in [0.3, 0.4) is 0 Å². The maximum Gasteiger partial charge on any atom is 0.113 e. The molecule has 0 N–H and O–H groups in total. The fourth-order valence-corrected chi connectivity index (χ4v) is 5.20. The van der Waals surface area contributed by atoms with Crippen LogP contribution in [0.4, 0.5) is 0 Å². The molecule has 0 unspecified atom stereocenters. The quantitative estimate of drug-likeness (QED) is 0.255. The maximum atomic E-state index is 6.50. The van der Waals surface area contributed by atoms with E-state index in [1.807, 2.05) is 0 Å². The van der Waals surface area contributed by atoms with Crippen LogP contribution in [0.2, 0.25) is 0 Å². The van der Waals surface area contributed by atoms with Crippen LogP contribution >= 0.6 is 0 Å². The molecule has 0 aromatic heterocycles. The zero-order chi connectivity index (χ0) is 31.0. The Hall–Kier alpha value is -2.15. The molecule has 0 aliphatic heterocycles. The molecular formula is C26H7B15. The molecule has 4 aromatic carbocycles. The van der Waals surface area contributed by atoms with Gasteiger partial charge in [0.25, 0.3) is 0 Å². The first-order chi connectivity index (χ1) is 19.0. The van der Waals surface area contributed by atoms with Crippen LogP contribution in [0.25, 0.3) is 33.4 Å². The lowest BCUT2D eigenvalue weighted by molar-refractivity contribution is 1.39. The van der Waals surface area contributed by atoms with E-state index in [2.05, 4.69) is 0 Å². The highest BCUT2D eigenvalue weighted by Gasteiger charge is 2.24. The Morgan fingerprint density at radius 2 is 0.463 bits per heavy atom. The molecule has 4 rings (SSSR count). The first-order valence-corrected chi connectivity index (χ1v) is 12.2. The summed E-state index contributed by atoms with van der Waals surface area (Å²) in [6.07, 6.45) is 0. The molecule has 0 saturated carbocycles. The van der Waals surface area contributed by atoms with Crippen molar-refractivity contribution in [1.29, 1.82) is 0 Å². The third-order valence-electron chi connectivity index (χ3n) is 7.73. The first-order valence-electron chi connectivity index (χ1n) is 12.2. The average Bonchev–Trinajstić information content (AvgIpc) is 2.94. The van der Waals surface area contributed by atoms with Crippen LogP contribution in [0, 0.1) is 13.8 Å². The zero-order valence-electron chi connectivity index (χ0n) is 22.7. The number of hydrogen-bond donors (Lipinski definition) is 0. The van der Waals surface area contributed by atoms with E-state index in [9.17, 15) is 0 Å². The fraction of sp³-hybridized carbons (Fsp3) is 0.0769. The van der Waals surface area contributed by atoms with Crippen LogP contribution in [-0.2, 0) is 0 Å². The Morgan fingerprint density at radius 3 is 0.707 bits per heavy atom. The van der Waals surface area contributed by atoms with Gasteiger partial charge >= 0.3 is 0 Å². The Kier molecular flexibility index (Phi) is 8.66. The van der Waals surface area contributed by atoms with Gasteiger partial charge in [0.05, 0.1) is 0 Å². The van der Waals surface area contributed by atoms with Crippen molar-refractivity contribution in [2.24, 2.45) is 0 Å². The van der Waals surface area contributed by atoms with Crippen LogP contribution in [0.5, 0.6) is 0 Å². The van der Waals surface area contributed by atoms with Gasteiger partial charge in [-0.2, -0.15) is 0 Å². The molecule has 156 valence electrons. The van der Waals surface area contributed by atoms with E-state index in [0.29, 0.717) is 44.5 Å². The summed E-state index contributed by atoms with van der Waals surface area (Å²) in [4.78, 5) is 0. The van der Waals surface area contributed by atoms with Crippen LogP contribution in [0.15, 0.2) is 6.07 Å². The monoisotopic (exact) mass is 484 g/mol. The van der Waals surface area contributed by atoms with Crippen molar-refractivity contribution < 1.29 is 0 Å². The van der Waals surface area contributed by atoms with Gasteiger partial charge in [0.15, 0.2) is 0 Å². The summed E-state index contributed by atoms with van der Waals surface area (Å²) in [6.45, 7) is 3.59. The molecule has 0 spiro atoms. The summed E-state index contributed by atoms with van der Waals surface area (Å²) >= 11 is 0. The van der Waals surface area contributed by atoms with Crippen molar-refractivity contribution in [1.82, 2.24) is 0 Å². The van der Waals surface area contributed by atoms with Crippen molar-refractivity contribution in [2.75, 3.05) is 0 Å². The summed E-state index contributed by atoms with van der Waals surface area (Å²) in [5.41, 5.74) is 4.57. The van der Waals surface area contributed by atoms with Crippen molar-refractivity contribution in [3.05, 3.63) is 17.2 Å².